The van der Waals surface area contributed by atoms with Crippen molar-refractivity contribution in [3.05, 3.63) is 67.3 Å². The number of halogens is 3. The summed E-state index contributed by atoms with van der Waals surface area (Å²) < 4.78 is 15.6. The van der Waals surface area contributed by atoms with Crippen LogP contribution in [0.15, 0.2) is 39.3 Å². The number of carbonyl (C=O) groups excluding carboxylic acids is 1. The molecular formula is C15H11Br2FO. The minimum absolute atomic E-state index is 0.135. The summed E-state index contributed by atoms with van der Waals surface area (Å²) in [7, 11) is 0. The van der Waals surface area contributed by atoms with Crippen molar-refractivity contribution >= 4 is 37.6 Å². The summed E-state index contributed by atoms with van der Waals surface area (Å²) in [5.74, 6) is -0.782. The molecule has 4 heteroatoms. The van der Waals surface area contributed by atoms with Crippen LogP contribution in [0, 0.1) is 19.7 Å². The summed E-state index contributed by atoms with van der Waals surface area (Å²) in [6, 6.07) is 8.39. The molecule has 0 spiro atoms. The van der Waals surface area contributed by atoms with Crippen LogP contribution in [-0.2, 0) is 0 Å². The number of aryl methyl sites for hydroxylation is 2. The predicted molar refractivity (Wildman–Crippen MR) is 81.1 cm³/mol. The molecule has 0 heterocycles. The molecule has 0 bridgehead atoms. The molecule has 19 heavy (non-hydrogen) atoms. The van der Waals surface area contributed by atoms with Gasteiger partial charge in [-0.3, -0.25) is 4.79 Å². The molecule has 2 aromatic rings. The molecule has 0 saturated heterocycles. The van der Waals surface area contributed by atoms with Crippen LogP contribution in [0.5, 0.6) is 0 Å². The van der Waals surface area contributed by atoms with Crippen LogP contribution in [0.4, 0.5) is 4.39 Å². The van der Waals surface area contributed by atoms with E-state index in [1.54, 1.807) is 26.0 Å². The second-order valence-corrected chi connectivity index (χ2v) is 6.26. The molecule has 0 saturated carbocycles. The Kier molecular flexibility index (Phi) is 4.21. The Balaban J connectivity index is 2.56. The molecule has 1 nitrogen and oxygen atoms in total. The van der Waals surface area contributed by atoms with Crippen molar-refractivity contribution in [2.24, 2.45) is 0 Å². The van der Waals surface area contributed by atoms with Gasteiger partial charge in [0.2, 0.25) is 0 Å². The van der Waals surface area contributed by atoms with E-state index < -0.39 is 5.82 Å². The lowest BCUT2D eigenvalue weighted by Crippen LogP contribution is -2.07. The molecular weight excluding hydrogens is 375 g/mol. The summed E-state index contributed by atoms with van der Waals surface area (Å²) in [6.45, 7) is 3.55. The molecule has 0 unspecified atom stereocenters. The SMILES string of the molecule is Cc1cc(C)c(C(=O)c2cc(Br)cc(Br)c2)c(F)c1. The van der Waals surface area contributed by atoms with Crippen LogP contribution in [0.2, 0.25) is 0 Å². The van der Waals surface area contributed by atoms with Crippen LogP contribution in [0.25, 0.3) is 0 Å². The molecule has 0 aromatic heterocycles. The molecule has 2 aromatic carbocycles. The van der Waals surface area contributed by atoms with Gasteiger partial charge >= 0.3 is 0 Å². The van der Waals surface area contributed by atoms with E-state index in [0.29, 0.717) is 11.1 Å². The highest BCUT2D eigenvalue weighted by Gasteiger charge is 2.18. The summed E-state index contributed by atoms with van der Waals surface area (Å²) in [5.41, 5.74) is 2.04. The minimum Gasteiger partial charge on any atom is -0.288 e. The van der Waals surface area contributed by atoms with Crippen molar-refractivity contribution in [2.75, 3.05) is 0 Å². The van der Waals surface area contributed by atoms with Crippen molar-refractivity contribution in [2.45, 2.75) is 13.8 Å². The average Bonchev–Trinajstić information content (AvgIpc) is 2.25. The molecule has 0 atom stereocenters. The van der Waals surface area contributed by atoms with Crippen molar-refractivity contribution in [1.82, 2.24) is 0 Å². The Bertz CT molecular complexity index is 622. The molecule has 98 valence electrons. The maximum Gasteiger partial charge on any atom is 0.196 e. The molecule has 0 amide bonds. The predicted octanol–water partition coefficient (Wildman–Crippen LogP) is 5.20. The lowest BCUT2D eigenvalue weighted by molar-refractivity contribution is 0.103. The Morgan fingerprint density at radius 2 is 1.58 bits per heavy atom. The maximum absolute atomic E-state index is 14.0. The van der Waals surface area contributed by atoms with Crippen LogP contribution >= 0.6 is 31.9 Å². The van der Waals surface area contributed by atoms with Gasteiger partial charge in [-0.15, -0.1) is 0 Å². The van der Waals surface area contributed by atoms with Crippen molar-refractivity contribution in [1.29, 1.82) is 0 Å². The van der Waals surface area contributed by atoms with Crippen molar-refractivity contribution in [3.8, 4) is 0 Å². The van der Waals surface area contributed by atoms with E-state index in [-0.39, 0.29) is 11.3 Å². The Morgan fingerprint density at radius 3 is 2.11 bits per heavy atom. The minimum atomic E-state index is -0.474. The Labute approximate surface area is 128 Å². The topological polar surface area (TPSA) is 17.1 Å². The molecule has 0 N–H and O–H groups in total. The molecule has 0 radical (unpaired) electrons. The first-order valence-electron chi connectivity index (χ1n) is 5.66. The van der Waals surface area contributed by atoms with E-state index in [0.717, 1.165) is 14.5 Å². The van der Waals surface area contributed by atoms with Gasteiger partial charge in [-0.25, -0.2) is 4.39 Å². The Morgan fingerprint density at radius 1 is 1.00 bits per heavy atom. The number of hydrogen-bond acceptors (Lipinski definition) is 1. The first-order chi connectivity index (χ1) is 8.88. The fourth-order valence-electron chi connectivity index (χ4n) is 2.03. The normalized spacial score (nSPS) is 10.6. The molecule has 2 rings (SSSR count). The zero-order valence-corrected chi connectivity index (χ0v) is 13.6. The van der Waals surface area contributed by atoms with Crippen LogP contribution in [0.1, 0.15) is 27.0 Å². The highest BCUT2D eigenvalue weighted by molar-refractivity contribution is 9.11. The lowest BCUT2D eigenvalue weighted by atomic mass is 9.97. The first kappa shape index (κ1) is 14.4. The fourth-order valence-corrected chi connectivity index (χ4v) is 3.33. The van der Waals surface area contributed by atoms with Crippen LogP contribution in [0.3, 0.4) is 0 Å². The van der Waals surface area contributed by atoms with Gasteiger partial charge in [-0.1, -0.05) is 37.9 Å². The quantitative estimate of drug-likeness (QED) is 0.649. The third kappa shape index (κ3) is 3.12. The second kappa shape index (κ2) is 5.55. The van der Waals surface area contributed by atoms with E-state index in [1.807, 2.05) is 12.1 Å². The molecule has 0 fully saturated rings. The smallest absolute Gasteiger partial charge is 0.196 e. The van der Waals surface area contributed by atoms with Gasteiger partial charge in [-0.2, -0.15) is 0 Å². The van der Waals surface area contributed by atoms with Gasteiger partial charge in [0.1, 0.15) is 5.82 Å². The second-order valence-electron chi connectivity index (χ2n) is 4.43. The van der Waals surface area contributed by atoms with E-state index >= 15 is 0 Å². The molecule has 0 aliphatic carbocycles. The number of carbonyl (C=O) groups is 1. The van der Waals surface area contributed by atoms with Gasteiger partial charge in [-0.05, 0) is 49.2 Å². The van der Waals surface area contributed by atoms with Gasteiger partial charge < -0.3 is 0 Å². The highest BCUT2D eigenvalue weighted by Crippen LogP contribution is 2.24. The monoisotopic (exact) mass is 384 g/mol. The first-order valence-corrected chi connectivity index (χ1v) is 7.24. The summed E-state index contributed by atoms with van der Waals surface area (Å²) in [5, 5.41) is 0. The van der Waals surface area contributed by atoms with Gasteiger partial charge in [0.25, 0.3) is 0 Å². The number of hydrogen-bond donors (Lipinski definition) is 0. The van der Waals surface area contributed by atoms with Crippen molar-refractivity contribution in [3.63, 3.8) is 0 Å². The number of ketones is 1. The summed E-state index contributed by atoms with van der Waals surface area (Å²) in [4.78, 5) is 12.4. The van der Waals surface area contributed by atoms with E-state index in [2.05, 4.69) is 31.9 Å². The van der Waals surface area contributed by atoms with Crippen molar-refractivity contribution < 1.29 is 9.18 Å². The third-order valence-corrected chi connectivity index (χ3v) is 3.70. The van der Waals surface area contributed by atoms with E-state index in [1.165, 1.54) is 6.07 Å². The number of rotatable bonds is 2. The standard InChI is InChI=1S/C15H11Br2FO/c1-8-3-9(2)14(13(18)4-8)15(19)10-5-11(16)7-12(17)6-10/h3-7H,1-2H3. The third-order valence-electron chi connectivity index (χ3n) is 2.78. The fraction of sp³-hybridized carbons (Fsp3) is 0.133. The van der Waals surface area contributed by atoms with Crippen LogP contribution in [-0.4, -0.2) is 5.78 Å². The molecule has 0 aliphatic rings. The highest BCUT2D eigenvalue weighted by atomic mass is 79.9. The van der Waals surface area contributed by atoms with Crippen LogP contribution < -0.4 is 0 Å². The summed E-state index contributed by atoms with van der Waals surface area (Å²) >= 11 is 6.65. The molecule has 0 aliphatic heterocycles. The largest absolute Gasteiger partial charge is 0.288 e. The van der Waals surface area contributed by atoms with E-state index in [9.17, 15) is 9.18 Å². The Hall–Kier alpha value is -1.00. The van der Waals surface area contributed by atoms with Gasteiger partial charge in [0.15, 0.2) is 5.78 Å². The summed E-state index contributed by atoms with van der Waals surface area (Å²) in [6.07, 6.45) is 0. The maximum atomic E-state index is 14.0. The van der Waals surface area contributed by atoms with Gasteiger partial charge in [0, 0.05) is 14.5 Å². The zero-order chi connectivity index (χ0) is 14.2. The van der Waals surface area contributed by atoms with Gasteiger partial charge in [0.05, 0.1) is 5.56 Å². The lowest BCUT2D eigenvalue weighted by Gasteiger charge is -2.09. The average molecular weight is 386 g/mol. The number of benzene rings is 2. The zero-order valence-electron chi connectivity index (χ0n) is 10.4. The van der Waals surface area contributed by atoms with E-state index in [4.69, 9.17) is 0 Å².